The molecule has 0 saturated heterocycles. The number of aliphatic hydroxyl groups excluding tert-OH is 1. The number of aryl methyl sites for hydroxylation is 2. The molecule has 1 fully saturated rings. The van der Waals surface area contributed by atoms with Crippen molar-refractivity contribution in [2.45, 2.75) is 45.4 Å². The van der Waals surface area contributed by atoms with Crippen LogP contribution in [-0.4, -0.2) is 56.0 Å². The van der Waals surface area contributed by atoms with Crippen LogP contribution < -0.4 is 10.9 Å². The summed E-state index contributed by atoms with van der Waals surface area (Å²) in [4.78, 5) is 48.1. The van der Waals surface area contributed by atoms with Crippen LogP contribution in [0.2, 0.25) is 0 Å². The summed E-state index contributed by atoms with van der Waals surface area (Å²) >= 11 is 0. The van der Waals surface area contributed by atoms with Crippen molar-refractivity contribution in [1.82, 2.24) is 25.2 Å². The Kier molecular flexibility index (Phi) is 5.64. The minimum Gasteiger partial charge on any atom is -0.391 e. The number of H-pyrrole nitrogens is 2. The molecule has 2 aromatic heterocycles. The molecule has 0 radical (unpaired) electrons. The molecule has 150 valence electrons. The Morgan fingerprint density at radius 2 is 2.00 bits per heavy atom. The number of hydrogen-bond donors (Lipinski definition) is 4. The summed E-state index contributed by atoms with van der Waals surface area (Å²) in [5, 5.41) is 13.1. The number of aliphatic hydroxyl groups is 1. The Hall–Kier alpha value is -2.94. The van der Waals surface area contributed by atoms with Gasteiger partial charge in [0.2, 0.25) is 11.5 Å². The summed E-state index contributed by atoms with van der Waals surface area (Å²) in [6, 6.07) is 2.24. The van der Waals surface area contributed by atoms with Crippen LogP contribution >= 0.6 is 0 Å². The second kappa shape index (κ2) is 7.97. The second-order valence-electron chi connectivity index (χ2n) is 7.44. The number of aromatic amines is 2. The molecule has 4 N–H and O–H groups in total. The Labute approximate surface area is 162 Å². The summed E-state index contributed by atoms with van der Waals surface area (Å²) < 4.78 is 0. The summed E-state index contributed by atoms with van der Waals surface area (Å²) in [5.74, 6) is -0.230. The Bertz CT molecular complexity index is 934. The van der Waals surface area contributed by atoms with E-state index in [-0.39, 0.29) is 29.4 Å². The van der Waals surface area contributed by atoms with Crippen LogP contribution in [0.15, 0.2) is 23.1 Å². The first-order valence-electron chi connectivity index (χ1n) is 9.18. The lowest BCUT2D eigenvalue weighted by atomic mass is 10.1. The first-order valence-corrected chi connectivity index (χ1v) is 9.18. The van der Waals surface area contributed by atoms with E-state index in [9.17, 15) is 19.5 Å². The zero-order valence-electron chi connectivity index (χ0n) is 16.2. The van der Waals surface area contributed by atoms with Crippen LogP contribution in [0.5, 0.6) is 0 Å². The predicted molar refractivity (Wildman–Crippen MR) is 102 cm³/mol. The molecule has 1 aliphatic carbocycles. The lowest BCUT2D eigenvalue weighted by molar-refractivity contribution is -0.134. The molecular formula is C19H25N5O4. The summed E-state index contributed by atoms with van der Waals surface area (Å²) in [7, 11) is 1.69. The molecule has 0 aliphatic heterocycles. The smallest absolute Gasteiger partial charge is 0.251 e. The molecule has 2 heterocycles. The van der Waals surface area contributed by atoms with E-state index >= 15 is 0 Å². The van der Waals surface area contributed by atoms with Gasteiger partial charge in [0.05, 0.1) is 18.7 Å². The number of pyridine rings is 1. The zero-order valence-corrected chi connectivity index (χ0v) is 16.2. The van der Waals surface area contributed by atoms with Gasteiger partial charge in [0.15, 0.2) is 0 Å². The second-order valence-corrected chi connectivity index (χ2v) is 7.44. The van der Waals surface area contributed by atoms with Gasteiger partial charge in [-0.15, -0.1) is 0 Å². The van der Waals surface area contributed by atoms with Crippen LogP contribution in [0, 0.1) is 19.8 Å². The van der Waals surface area contributed by atoms with Crippen LogP contribution in [-0.2, 0) is 11.3 Å². The van der Waals surface area contributed by atoms with Crippen LogP contribution in [0.25, 0.3) is 0 Å². The highest BCUT2D eigenvalue weighted by molar-refractivity contribution is 5.94. The standard InChI is InChI=1S/C19H25N5O4/c1-10-4-12(7-17(26)22-10)18(27)23-14-5-13(6-15(14)25)19(28)24(3)9-16-20-8-11(2)21-16/h4,7-8,13-15,25H,5-6,9H2,1-3H3,(H,20,21)(H,22,26)(H,23,27)/t13-,14-,15-/m0/s1. The highest BCUT2D eigenvalue weighted by Crippen LogP contribution is 2.28. The maximum Gasteiger partial charge on any atom is 0.251 e. The van der Waals surface area contributed by atoms with Crippen molar-refractivity contribution >= 4 is 11.8 Å². The van der Waals surface area contributed by atoms with Gasteiger partial charge in [0.1, 0.15) is 5.82 Å². The molecule has 3 atom stereocenters. The van der Waals surface area contributed by atoms with E-state index in [0.29, 0.717) is 24.5 Å². The molecule has 28 heavy (non-hydrogen) atoms. The molecule has 1 aliphatic rings. The van der Waals surface area contributed by atoms with E-state index < -0.39 is 18.1 Å². The number of carbonyl (C=O) groups excluding carboxylic acids is 2. The van der Waals surface area contributed by atoms with Gasteiger partial charge in [-0.3, -0.25) is 14.4 Å². The van der Waals surface area contributed by atoms with Crippen molar-refractivity contribution < 1.29 is 14.7 Å². The number of rotatable bonds is 5. The Balaban J connectivity index is 1.60. The average Bonchev–Trinajstić information content (AvgIpc) is 3.19. The molecule has 9 nitrogen and oxygen atoms in total. The average molecular weight is 387 g/mol. The van der Waals surface area contributed by atoms with Crippen molar-refractivity contribution in [3.05, 3.63) is 51.5 Å². The minimum absolute atomic E-state index is 0.100. The number of carbonyl (C=O) groups is 2. The number of imidazole rings is 1. The maximum absolute atomic E-state index is 12.7. The molecule has 9 heteroatoms. The number of hydrogen-bond acceptors (Lipinski definition) is 5. The number of aromatic nitrogens is 3. The quantitative estimate of drug-likeness (QED) is 0.584. The Morgan fingerprint density at radius 1 is 1.25 bits per heavy atom. The van der Waals surface area contributed by atoms with Gasteiger partial charge in [0.25, 0.3) is 5.91 Å². The topological polar surface area (TPSA) is 131 Å². The molecule has 2 amide bonds. The van der Waals surface area contributed by atoms with Crippen molar-refractivity contribution in [3.63, 3.8) is 0 Å². The molecule has 0 unspecified atom stereocenters. The molecule has 1 saturated carbocycles. The van der Waals surface area contributed by atoms with Crippen LogP contribution in [0.3, 0.4) is 0 Å². The lowest BCUT2D eigenvalue weighted by Crippen LogP contribution is -2.40. The third kappa shape index (κ3) is 4.48. The van der Waals surface area contributed by atoms with Gasteiger partial charge in [-0.25, -0.2) is 4.98 Å². The van der Waals surface area contributed by atoms with E-state index in [1.54, 1.807) is 31.1 Å². The fourth-order valence-electron chi connectivity index (χ4n) is 3.60. The maximum atomic E-state index is 12.7. The minimum atomic E-state index is -0.819. The largest absolute Gasteiger partial charge is 0.391 e. The van der Waals surface area contributed by atoms with Gasteiger partial charge in [0, 0.05) is 42.2 Å². The van der Waals surface area contributed by atoms with E-state index in [4.69, 9.17) is 0 Å². The van der Waals surface area contributed by atoms with E-state index in [0.717, 1.165) is 5.69 Å². The van der Waals surface area contributed by atoms with Crippen molar-refractivity contribution in [2.24, 2.45) is 5.92 Å². The monoisotopic (exact) mass is 387 g/mol. The Morgan fingerprint density at radius 3 is 2.64 bits per heavy atom. The zero-order chi connectivity index (χ0) is 20.4. The third-order valence-corrected chi connectivity index (χ3v) is 4.95. The van der Waals surface area contributed by atoms with Gasteiger partial charge >= 0.3 is 0 Å². The lowest BCUT2D eigenvalue weighted by Gasteiger charge is -2.20. The normalized spacial score (nSPS) is 21.5. The molecule has 0 aromatic carbocycles. The number of nitrogens with zero attached hydrogens (tertiary/aromatic N) is 2. The fourth-order valence-corrected chi connectivity index (χ4v) is 3.60. The highest BCUT2D eigenvalue weighted by atomic mass is 16.3. The number of amides is 2. The number of nitrogens with one attached hydrogen (secondary N) is 3. The summed E-state index contributed by atoms with van der Waals surface area (Å²) in [5.41, 5.74) is 1.37. The van der Waals surface area contributed by atoms with Gasteiger partial charge in [-0.05, 0) is 32.8 Å². The van der Waals surface area contributed by atoms with Gasteiger partial charge in [-0.1, -0.05) is 0 Å². The first-order chi connectivity index (χ1) is 13.2. The van der Waals surface area contributed by atoms with Crippen LogP contribution in [0.1, 0.15) is 40.4 Å². The van der Waals surface area contributed by atoms with Crippen molar-refractivity contribution in [2.75, 3.05) is 7.05 Å². The first kappa shape index (κ1) is 19.8. The highest BCUT2D eigenvalue weighted by Gasteiger charge is 2.39. The summed E-state index contributed by atoms with van der Waals surface area (Å²) in [6.45, 7) is 3.93. The van der Waals surface area contributed by atoms with Crippen molar-refractivity contribution in [1.29, 1.82) is 0 Å². The van der Waals surface area contributed by atoms with E-state index in [1.807, 2.05) is 6.92 Å². The fraction of sp³-hybridized carbons (Fsp3) is 0.474. The van der Waals surface area contributed by atoms with E-state index in [1.165, 1.54) is 6.07 Å². The summed E-state index contributed by atoms with van der Waals surface area (Å²) in [6.07, 6.45) is 1.50. The van der Waals surface area contributed by atoms with Crippen LogP contribution in [0.4, 0.5) is 0 Å². The predicted octanol–water partition coefficient (Wildman–Crippen LogP) is 0.243. The van der Waals surface area contributed by atoms with Crippen molar-refractivity contribution in [3.8, 4) is 0 Å². The SMILES string of the molecule is Cc1cnc(CN(C)C(=O)[C@H]2C[C@H](NC(=O)c3cc(C)[nH]c(=O)c3)[C@@H](O)C2)[nH]1. The van der Waals surface area contributed by atoms with Gasteiger partial charge < -0.3 is 25.3 Å². The molecule has 2 aromatic rings. The van der Waals surface area contributed by atoms with E-state index in [2.05, 4.69) is 20.3 Å². The van der Waals surface area contributed by atoms with Gasteiger partial charge in [-0.2, -0.15) is 0 Å². The molecular weight excluding hydrogens is 362 g/mol. The third-order valence-electron chi connectivity index (χ3n) is 4.95. The molecule has 0 bridgehead atoms. The molecule has 3 rings (SSSR count). The molecule has 0 spiro atoms.